The van der Waals surface area contributed by atoms with Crippen molar-refractivity contribution in [2.75, 3.05) is 5.73 Å². The van der Waals surface area contributed by atoms with E-state index in [0.717, 1.165) is 0 Å². The summed E-state index contributed by atoms with van der Waals surface area (Å²) in [5, 5.41) is 12.6. The summed E-state index contributed by atoms with van der Waals surface area (Å²) in [6, 6.07) is -0.723. The number of rotatable bonds is 3. The number of aromatic nitrogens is 3. The Morgan fingerprint density at radius 3 is 2.77 bits per heavy atom. The molecule has 0 radical (unpaired) electrons. The lowest BCUT2D eigenvalue weighted by atomic mass is 10.2. The van der Waals surface area contributed by atoms with E-state index in [1.165, 1.54) is 4.68 Å². The molecule has 6 nitrogen and oxygen atoms in total. The average Bonchev–Trinajstić information content (AvgIpc) is 2.31. The largest absolute Gasteiger partial charge is 0.480 e. The number of aliphatic carboxylic acids is 1. The van der Waals surface area contributed by atoms with Gasteiger partial charge in [0.05, 0.1) is 0 Å². The van der Waals surface area contributed by atoms with Crippen molar-refractivity contribution in [2.24, 2.45) is 0 Å². The zero-order chi connectivity index (χ0) is 10.0. The molecule has 7 heteroatoms. The minimum Gasteiger partial charge on any atom is -0.480 e. The van der Waals surface area contributed by atoms with Crippen molar-refractivity contribution in [3.05, 3.63) is 4.73 Å². The lowest BCUT2D eigenvalue weighted by Gasteiger charge is -2.09. The van der Waals surface area contributed by atoms with Crippen molar-refractivity contribution in [2.45, 2.75) is 19.4 Å². The van der Waals surface area contributed by atoms with Crippen LogP contribution in [-0.4, -0.2) is 25.8 Å². The Bertz CT molecular complexity index is 324. The summed E-state index contributed by atoms with van der Waals surface area (Å²) in [6.45, 7) is 1.75. The zero-order valence-electron chi connectivity index (χ0n) is 6.94. The molecule has 0 amide bonds. The van der Waals surface area contributed by atoms with Crippen molar-refractivity contribution in [1.29, 1.82) is 0 Å². The van der Waals surface area contributed by atoms with Crippen molar-refractivity contribution in [1.82, 2.24) is 14.8 Å². The van der Waals surface area contributed by atoms with Gasteiger partial charge in [-0.1, -0.05) is 6.92 Å². The molecule has 0 saturated heterocycles. The molecule has 1 unspecified atom stereocenters. The van der Waals surface area contributed by atoms with Gasteiger partial charge < -0.3 is 10.8 Å². The first-order valence-corrected chi connectivity index (χ1v) is 4.46. The lowest BCUT2D eigenvalue weighted by molar-refractivity contribution is -0.141. The Labute approximate surface area is 82.9 Å². The predicted octanol–water partition coefficient (Wildman–Crippen LogP) is 0.658. The lowest BCUT2D eigenvalue weighted by Crippen LogP contribution is -2.19. The van der Waals surface area contributed by atoms with Crippen molar-refractivity contribution in [3.63, 3.8) is 0 Å². The first-order valence-electron chi connectivity index (χ1n) is 3.66. The first-order chi connectivity index (χ1) is 6.06. The fourth-order valence-electron chi connectivity index (χ4n) is 0.970. The molecule has 0 fully saturated rings. The van der Waals surface area contributed by atoms with Gasteiger partial charge in [0.15, 0.2) is 10.8 Å². The van der Waals surface area contributed by atoms with Gasteiger partial charge in [-0.05, 0) is 22.4 Å². The van der Waals surface area contributed by atoms with Crippen LogP contribution in [0.2, 0.25) is 0 Å². The Kier molecular flexibility index (Phi) is 2.86. The summed E-state index contributed by atoms with van der Waals surface area (Å²) in [4.78, 5) is 14.5. The number of carbonyl (C=O) groups is 1. The van der Waals surface area contributed by atoms with E-state index in [1.54, 1.807) is 6.92 Å². The van der Waals surface area contributed by atoms with Gasteiger partial charge in [-0.15, -0.1) is 5.10 Å². The predicted molar refractivity (Wildman–Crippen MR) is 49.1 cm³/mol. The van der Waals surface area contributed by atoms with Gasteiger partial charge in [-0.2, -0.15) is 4.98 Å². The monoisotopic (exact) mass is 248 g/mol. The minimum absolute atomic E-state index is 0.0616. The fraction of sp³-hybridized carbons (Fsp3) is 0.500. The second-order valence-electron chi connectivity index (χ2n) is 2.45. The maximum atomic E-state index is 10.7. The molecular weight excluding hydrogens is 240 g/mol. The highest BCUT2D eigenvalue weighted by Crippen LogP contribution is 2.17. The van der Waals surface area contributed by atoms with Crippen LogP contribution in [-0.2, 0) is 4.79 Å². The molecule has 0 saturated carbocycles. The van der Waals surface area contributed by atoms with Gasteiger partial charge in [0.25, 0.3) is 0 Å². The molecule has 1 atom stereocenters. The standard InChI is InChI=1S/C6H9BrN4O2/c1-2-3(4(12)13)11-5(7)9-6(8)10-11/h3H,2H2,1H3,(H2,8,10)(H,12,13). The number of nitrogens with two attached hydrogens (primary N) is 1. The van der Waals surface area contributed by atoms with Gasteiger partial charge in [-0.3, -0.25) is 0 Å². The van der Waals surface area contributed by atoms with Crippen molar-refractivity contribution >= 4 is 27.8 Å². The van der Waals surface area contributed by atoms with Gasteiger partial charge in [0.1, 0.15) is 0 Å². The number of carboxylic acids is 1. The molecule has 1 rings (SSSR count). The summed E-state index contributed by atoms with van der Waals surface area (Å²) in [5.41, 5.74) is 5.31. The van der Waals surface area contributed by atoms with Crippen molar-refractivity contribution in [3.8, 4) is 0 Å². The molecule has 0 spiro atoms. The van der Waals surface area contributed by atoms with E-state index in [0.29, 0.717) is 11.2 Å². The van der Waals surface area contributed by atoms with Crippen LogP contribution < -0.4 is 5.73 Å². The Morgan fingerprint density at radius 1 is 1.85 bits per heavy atom. The summed E-state index contributed by atoms with van der Waals surface area (Å²) in [5.74, 6) is -0.889. The number of nitrogens with zero attached hydrogens (tertiary/aromatic N) is 3. The molecular formula is C6H9BrN4O2. The molecule has 0 aliphatic rings. The molecule has 0 aromatic carbocycles. The molecule has 72 valence electrons. The number of carboxylic acid groups (broad SMARTS) is 1. The number of nitrogen functional groups attached to an aromatic ring is 1. The minimum atomic E-state index is -0.951. The molecule has 1 heterocycles. The summed E-state index contributed by atoms with van der Waals surface area (Å²) in [6.07, 6.45) is 0.427. The SMILES string of the molecule is CCC(C(=O)O)n1nc(N)nc1Br. The van der Waals surface area contributed by atoms with Crippen LogP contribution >= 0.6 is 15.9 Å². The highest BCUT2D eigenvalue weighted by Gasteiger charge is 2.21. The second-order valence-corrected chi connectivity index (χ2v) is 3.16. The number of hydrogen-bond acceptors (Lipinski definition) is 4. The molecule has 13 heavy (non-hydrogen) atoms. The maximum absolute atomic E-state index is 10.7. The molecule has 0 bridgehead atoms. The van der Waals surface area contributed by atoms with E-state index >= 15 is 0 Å². The molecule has 1 aromatic rings. The van der Waals surface area contributed by atoms with Gasteiger partial charge in [0, 0.05) is 0 Å². The third-order valence-electron chi connectivity index (χ3n) is 1.57. The normalized spacial score (nSPS) is 12.8. The van der Waals surface area contributed by atoms with Crippen LogP contribution in [0.15, 0.2) is 4.73 Å². The van der Waals surface area contributed by atoms with Crippen LogP contribution in [0.1, 0.15) is 19.4 Å². The van der Waals surface area contributed by atoms with Gasteiger partial charge in [0.2, 0.25) is 5.95 Å². The summed E-state index contributed by atoms with van der Waals surface area (Å²) in [7, 11) is 0. The van der Waals surface area contributed by atoms with E-state index in [9.17, 15) is 4.79 Å². The van der Waals surface area contributed by atoms with E-state index in [1.807, 2.05) is 0 Å². The van der Waals surface area contributed by atoms with Crippen LogP contribution in [0.3, 0.4) is 0 Å². The quantitative estimate of drug-likeness (QED) is 0.820. The van der Waals surface area contributed by atoms with Crippen LogP contribution in [0.25, 0.3) is 0 Å². The maximum Gasteiger partial charge on any atom is 0.328 e. The topological polar surface area (TPSA) is 94.0 Å². The zero-order valence-corrected chi connectivity index (χ0v) is 8.52. The third kappa shape index (κ3) is 1.97. The fourth-order valence-corrected chi connectivity index (χ4v) is 1.48. The summed E-state index contributed by atoms with van der Waals surface area (Å²) < 4.78 is 1.58. The number of anilines is 1. The van der Waals surface area contributed by atoms with Crippen LogP contribution in [0.5, 0.6) is 0 Å². The van der Waals surface area contributed by atoms with Crippen molar-refractivity contribution < 1.29 is 9.90 Å². The van der Waals surface area contributed by atoms with Crippen LogP contribution in [0.4, 0.5) is 5.95 Å². The molecule has 1 aromatic heterocycles. The Hall–Kier alpha value is -1.11. The highest BCUT2D eigenvalue weighted by atomic mass is 79.9. The van der Waals surface area contributed by atoms with Gasteiger partial charge in [-0.25, -0.2) is 9.48 Å². The first kappa shape index (κ1) is 9.97. The van der Waals surface area contributed by atoms with E-state index in [2.05, 4.69) is 26.0 Å². The smallest absolute Gasteiger partial charge is 0.328 e. The van der Waals surface area contributed by atoms with E-state index in [-0.39, 0.29) is 5.95 Å². The average molecular weight is 249 g/mol. The second kappa shape index (κ2) is 3.73. The molecule has 0 aliphatic heterocycles. The third-order valence-corrected chi connectivity index (χ3v) is 2.11. The Balaban J connectivity index is 3.04. The summed E-state index contributed by atoms with van der Waals surface area (Å²) >= 11 is 3.07. The molecule has 0 aliphatic carbocycles. The number of hydrogen-bond donors (Lipinski definition) is 2. The molecule has 3 N–H and O–H groups in total. The van der Waals surface area contributed by atoms with E-state index < -0.39 is 12.0 Å². The van der Waals surface area contributed by atoms with E-state index in [4.69, 9.17) is 10.8 Å². The number of halogens is 1. The highest BCUT2D eigenvalue weighted by molar-refractivity contribution is 9.10. The Morgan fingerprint density at radius 2 is 2.46 bits per heavy atom. The van der Waals surface area contributed by atoms with Gasteiger partial charge >= 0.3 is 5.97 Å². The van der Waals surface area contributed by atoms with Crippen LogP contribution in [0, 0.1) is 0 Å².